The Bertz CT molecular complexity index is 794. The van der Waals surface area contributed by atoms with Gasteiger partial charge in [0.05, 0.1) is 5.75 Å². The molecule has 0 saturated carbocycles. The van der Waals surface area contributed by atoms with Crippen molar-refractivity contribution in [3.8, 4) is 0 Å². The molecule has 0 amide bonds. The Labute approximate surface area is 142 Å². The average molecular weight is 344 g/mol. The lowest BCUT2D eigenvalue weighted by molar-refractivity contribution is -0.109. The number of rotatable bonds is 5. The second-order valence-corrected chi connectivity index (χ2v) is 6.77. The van der Waals surface area contributed by atoms with E-state index in [1.807, 2.05) is 24.3 Å². The Morgan fingerprint density at radius 2 is 1.71 bits per heavy atom. The van der Waals surface area contributed by atoms with Gasteiger partial charge in [-0.05, 0) is 52.8 Å². The van der Waals surface area contributed by atoms with Gasteiger partial charge in [-0.3, -0.25) is 0 Å². The molecule has 0 fully saturated rings. The third kappa shape index (κ3) is 3.52. The van der Waals surface area contributed by atoms with Crippen molar-refractivity contribution in [1.82, 2.24) is 0 Å². The number of halogens is 1. The maximum Gasteiger partial charge on any atom is 0.157 e. The smallest absolute Gasteiger partial charge is 0.157 e. The molecule has 124 valence electrons. The molecule has 0 spiro atoms. The third-order valence-electron chi connectivity index (χ3n) is 4.31. The van der Waals surface area contributed by atoms with Crippen molar-refractivity contribution in [2.24, 2.45) is 5.92 Å². The zero-order valence-electron chi connectivity index (χ0n) is 12.9. The average Bonchev–Trinajstić information content (AvgIpc) is 3.00. The summed E-state index contributed by atoms with van der Waals surface area (Å²) in [6.45, 7) is 0. The van der Waals surface area contributed by atoms with Gasteiger partial charge in [0, 0.05) is 5.92 Å². The first kappa shape index (κ1) is 16.7. The van der Waals surface area contributed by atoms with Gasteiger partial charge in [-0.15, -0.1) is 0 Å². The summed E-state index contributed by atoms with van der Waals surface area (Å²) < 4.78 is 33.0. The second-order valence-electron chi connectivity index (χ2n) is 5.84. The molecule has 3 rings (SSSR count). The molecule has 0 bridgehead atoms. The highest BCUT2D eigenvalue weighted by Crippen LogP contribution is 2.43. The fourth-order valence-corrected chi connectivity index (χ4v) is 3.68. The first-order valence-corrected chi connectivity index (χ1v) is 8.97. The third-order valence-corrected chi connectivity index (χ3v) is 4.89. The number of carbonyl (C=O) groups excluding carboxylic acids is 1. The summed E-state index contributed by atoms with van der Waals surface area (Å²) in [7, 11) is 0. The van der Waals surface area contributed by atoms with Crippen LogP contribution < -0.4 is 0 Å². The molecule has 2 atom stereocenters. The molecule has 1 aliphatic rings. The molecule has 1 aliphatic carbocycles. The van der Waals surface area contributed by atoms with E-state index in [1.165, 1.54) is 12.1 Å². The van der Waals surface area contributed by atoms with Crippen molar-refractivity contribution in [2.75, 3.05) is 0 Å². The van der Waals surface area contributed by atoms with Gasteiger partial charge in [0.2, 0.25) is 0 Å². The summed E-state index contributed by atoms with van der Waals surface area (Å²) in [5.74, 6) is -0.390. The van der Waals surface area contributed by atoms with Gasteiger partial charge >= 0.3 is 0 Å². The molecule has 2 aromatic rings. The van der Waals surface area contributed by atoms with Gasteiger partial charge in [-0.1, -0.05) is 36.4 Å². The van der Waals surface area contributed by atoms with Gasteiger partial charge < -0.3 is 9.35 Å². The lowest BCUT2D eigenvalue weighted by atomic mass is 9.92. The van der Waals surface area contributed by atoms with Crippen LogP contribution in [0.2, 0.25) is 0 Å². The summed E-state index contributed by atoms with van der Waals surface area (Å²) in [5, 5.41) is 0. The van der Waals surface area contributed by atoms with E-state index in [0.29, 0.717) is 0 Å². The Kier molecular flexibility index (Phi) is 5.02. The Hall–Kier alpha value is -2.11. The topological polar surface area (TPSA) is 54.4 Å². The van der Waals surface area contributed by atoms with Crippen molar-refractivity contribution < 1.29 is 17.9 Å². The molecular formula is C19H17FO3S. The van der Waals surface area contributed by atoms with Gasteiger partial charge in [-0.2, -0.15) is 0 Å². The molecule has 0 radical (unpaired) electrons. The van der Waals surface area contributed by atoms with Crippen molar-refractivity contribution in [1.29, 1.82) is 0 Å². The fourth-order valence-electron chi connectivity index (χ4n) is 3.20. The van der Waals surface area contributed by atoms with Crippen LogP contribution in [-0.2, 0) is 21.6 Å². The second kappa shape index (κ2) is 7.20. The van der Waals surface area contributed by atoms with E-state index in [9.17, 15) is 13.4 Å². The predicted molar refractivity (Wildman–Crippen MR) is 92.9 cm³/mol. The summed E-state index contributed by atoms with van der Waals surface area (Å²) in [6.07, 6.45) is 2.48. The number of hydrogen-bond donors (Lipinski definition) is 1. The molecule has 0 aliphatic heterocycles. The number of carbonyl (C=O) groups is 1. The van der Waals surface area contributed by atoms with E-state index in [0.717, 1.165) is 47.0 Å². The Morgan fingerprint density at radius 3 is 2.29 bits per heavy atom. The molecule has 5 heteroatoms. The normalized spacial score (nSPS) is 18.7. The summed E-state index contributed by atoms with van der Waals surface area (Å²) >= 11 is -1.87. The van der Waals surface area contributed by atoms with E-state index in [2.05, 4.69) is 0 Å². The van der Waals surface area contributed by atoms with Crippen LogP contribution >= 0.6 is 0 Å². The van der Waals surface area contributed by atoms with Crippen molar-refractivity contribution in [3.63, 3.8) is 0 Å². The van der Waals surface area contributed by atoms with Crippen molar-refractivity contribution in [2.45, 2.75) is 18.6 Å². The highest BCUT2D eigenvalue weighted by molar-refractivity contribution is 7.78. The van der Waals surface area contributed by atoms with E-state index < -0.39 is 11.1 Å². The highest BCUT2D eigenvalue weighted by atomic mass is 32.2. The molecule has 2 unspecified atom stereocenters. The monoisotopic (exact) mass is 344 g/mol. The SMILES string of the molecule is O=CC1CCC(c2ccc(CS(=O)O)cc2)=C1c1ccc(F)cc1. The quantitative estimate of drug-likeness (QED) is 0.657. The van der Waals surface area contributed by atoms with Crippen LogP contribution in [0.3, 0.4) is 0 Å². The fraction of sp³-hybridized carbons (Fsp3) is 0.211. The lowest BCUT2D eigenvalue weighted by Gasteiger charge is -2.12. The van der Waals surface area contributed by atoms with Crippen molar-refractivity contribution in [3.05, 3.63) is 71.0 Å². The van der Waals surface area contributed by atoms with Crippen LogP contribution in [-0.4, -0.2) is 15.0 Å². The van der Waals surface area contributed by atoms with Gasteiger partial charge in [0.15, 0.2) is 11.1 Å². The summed E-state index contributed by atoms with van der Waals surface area (Å²) in [4.78, 5) is 11.4. The first-order chi connectivity index (χ1) is 11.6. The highest BCUT2D eigenvalue weighted by Gasteiger charge is 2.27. The van der Waals surface area contributed by atoms with Crippen LogP contribution in [0.15, 0.2) is 48.5 Å². The number of benzene rings is 2. The molecule has 0 heterocycles. The van der Waals surface area contributed by atoms with E-state index in [4.69, 9.17) is 4.55 Å². The van der Waals surface area contributed by atoms with Crippen molar-refractivity contribution >= 4 is 28.5 Å². The van der Waals surface area contributed by atoms with Gasteiger partial charge in [0.25, 0.3) is 0 Å². The van der Waals surface area contributed by atoms with Crippen LogP contribution in [0.4, 0.5) is 4.39 Å². The maximum atomic E-state index is 13.2. The Balaban J connectivity index is 2.01. The zero-order chi connectivity index (χ0) is 17.1. The maximum absolute atomic E-state index is 13.2. The molecule has 24 heavy (non-hydrogen) atoms. The minimum absolute atomic E-state index is 0.0983. The van der Waals surface area contributed by atoms with Crippen LogP contribution in [0.1, 0.15) is 29.5 Å². The van der Waals surface area contributed by atoms with Crippen LogP contribution in [0, 0.1) is 11.7 Å². The minimum atomic E-state index is -1.87. The standard InChI is InChI=1S/C19H17FO3S/c20-17-8-5-15(6-9-17)19-16(11-21)7-10-18(19)14-3-1-13(2-4-14)12-24(22)23/h1-6,8-9,11,16H,7,10,12H2,(H,22,23). The zero-order valence-corrected chi connectivity index (χ0v) is 13.8. The van der Waals surface area contributed by atoms with E-state index in [1.54, 1.807) is 12.1 Å². The van der Waals surface area contributed by atoms with Crippen LogP contribution in [0.5, 0.6) is 0 Å². The summed E-state index contributed by atoms with van der Waals surface area (Å²) in [6, 6.07) is 13.7. The molecule has 0 aromatic heterocycles. The van der Waals surface area contributed by atoms with Crippen LogP contribution in [0.25, 0.3) is 11.1 Å². The molecule has 3 nitrogen and oxygen atoms in total. The largest absolute Gasteiger partial charge is 0.306 e. The number of aldehydes is 1. The Morgan fingerprint density at radius 1 is 1.08 bits per heavy atom. The lowest BCUT2D eigenvalue weighted by Crippen LogP contribution is -2.00. The number of allylic oxidation sites excluding steroid dienone is 2. The number of hydrogen-bond acceptors (Lipinski definition) is 2. The summed E-state index contributed by atoms with van der Waals surface area (Å²) in [5.41, 5.74) is 4.67. The van der Waals surface area contributed by atoms with Gasteiger partial charge in [-0.25, -0.2) is 8.60 Å². The molecule has 0 saturated heterocycles. The molecule has 1 N–H and O–H groups in total. The van der Waals surface area contributed by atoms with E-state index in [-0.39, 0.29) is 17.5 Å². The molecule has 2 aromatic carbocycles. The predicted octanol–water partition coefficient (Wildman–Crippen LogP) is 4.07. The minimum Gasteiger partial charge on any atom is -0.306 e. The van der Waals surface area contributed by atoms with Gasteiger partial charge in [0.1, 0.15) is 12.1 Å². The first-order valence-electron chi connectivity index (χ1n) is 7.69. The molecular weight excluding hydrogens is 327 g/mol. The van der Waals surface area contributed by atoms with E-state index >= 15 is 0 Å².